The van der Waals surface area contributed by atoms with E-state index < -0.39 is 0 Å². The van der Waals surface area contributed by atoms with Crippen molar-refractivity contribution in [3.05, 3.63) is 145 Å². The average Bonchev–Trinajstić information content (AvgIpc) is 3.56. The first kappa shape index (κ1) is 24.8. The molecule has 0 saturated heterocycles. The normalized spacial score (nSPS) is 13.9. The van der Waals surface area contributed by atoms with Crippen LogP contribution in [0.2, 0.25) is 0 Å². The van der Waals surface area contributed by atoms with Crippen LogP contribution >= 0.6 is 0 Å². The molecule has 0 atom stereocenters. The van der Waals surface area contributed by atoms with Gasteiger partial charge >= 0.3 is 0 Å². The largest absolute Gasteiger partial charge is 0.456 e. The molecule has 45 heavy (non-hydrogen) atoms. The topological polar surface area (TPSA) is 22.4 Å². The third kappa shape index (κ3) is 3.40. The Morgan fingerprint density at radius 3 is 2.07 bits per heavy atom. The van der Waals surface area contributed by atoms with Crippen molar-refractivity contribution in [2.75, 3.05) is 0 Å². The molecule has 10 rings (SSSR count). The van der Waals surface area contributed by atoms with Crippen LogP contribution in [-0.2, 0) is 5.41 Å². The molecule has 2 heteroatoms. The van der Waals surface area contributed by atoms with E-state index in [-0.39, 0.29) is 5.41 Å². The summed E-state index contributed by atoms with van der Waals surface area (Å²) in [6, 6.07) is 48.1. The number of hydrogen-bond acceptors (Lipinski definition) is 2. The molecule has 0 amide bonds. The van der Waals surface area contributed by atoms with Gasteiger partial charge in [0.2, 0.25) is 0 Å². The zero-order chi connectivity index (χ0) is 29.9. The van der Waals surface area contributed by atoms with Crippen molar-refractivity contribution >= 4 is 32.7 Å². The summed E-state index contributed by atoms with van der Waals surface area (Å²) in [5, 5.41) is 4.65. The molecular formula is C43H28O2. The molecule has 2 nitrogen and oxygen atoms in total. The Morgan fingerprint density at radius 1 is 0.422 bits per heavy atom. The lowest BCUT2D eigenvalue weighted by Crippen LogP contribution is -2.14. The SMILES string of the molecule is CC1(C)c2ccccc2-c2ccc(-c3ccc4c5c(cccc35)-c3cc(-c5ccc6oc7ccccc7c6c5)ccc3O4)cc21. The monoisotopic (exact) mass is 576 g/mol. The van der Waals surface area contributed by atoms with Crippen LogP contribution in [0.5, 0.6) is 11.5 Å². The molecule has 1 aliphatic heterocycles. The maximum absolute atomic E-state index is 6.58. The highest BCUT2D eigenvalue weighted by Gasteiger charge is 2.35. The summed E-state index contributed by atoms with van der Waals surface area (Å²) in [4.78, 5) is 0. The van der Waals surface area contributed by atoms with Crippen molar-refractivity contribution in [1.29, 1.82) is 0 Å². The fourth-order valence-corrected chi connectivity index (χ4v) is 7.84. The quantitative estimate of drug-likeness (QED) is 0.204. The van der Waals surface area contributed by atoms with Crippen LogP contribution in [-0.4, -0.2) is 0 Å². The molecule has 212 valence electrons. The third-order valence-corrected chi connectivity index (χ3v) is 10.1. The maximum atomic E-state index is 6.58. The van der Waals surface area contributed by atoms with E-state index in [2.05, 4.69) is 135 Å². The van der Waals surface area contributed by atoms with Gasteiger partial charge in [0.15, 0.2) is 0 Å². The van der Waals surface area contributed by atoms with Gasteiger partial charge in [-0.25, -0.2) is 0 Å². The van der Waals surface area contributed by atoms with Crippen molar-refractivity contribution in [1.82, 2.24) is 0 Å². The Bertz CT molecular complexity index is 2550. The predicted molar refractivity (Wildman–Crippen MR) is 185 cm³/mol. The molecule has 0 N–H and O–H groups in total. The predicted octanol–water partition coefficient (Wildman–Crippen LogP) is 12.2. The Hall–Kier alpha value is -5.60. The second kappa shape index (κ2) is 8.74. The van der Waals surface area contributed by atoms with E-state index in [1.165, 1.54) is 49.7 Å². The Balaban J connectivity index is 1.12. The summed E-state index contributed by atoms with van der Waals surface area (Å²) in [6.07, 6.45) is 0. The Labute approximate surface area is 261 Å². The van der Waals surface area contributed by atoms with Crippen LogP contribution in [0.3, 0.4) is 0 Å². The summed E-state index contributed by atoms with van der Waals surface area (Å²) in [6.45, 7) is 4.68. The van der Waals surface area contributed by atoms with Gasteiger partial charge in [-0.1, -0.05) is 105 Å². The minimum Gasteiger partial charge on any atom is -0.456 e. The van der Waals surface area contributed by atoms with Crippen molar-refractivity contribution in [2.45, 2.75) is 19.3 Å². The summed E-state index contributed by atoms with van der Waals surface area (Å²) in [5.74, 6) is 1.79. The Morgan fingerprint density at radius 2 is 1.11 bits per heavy atom. The number of para-hydroxylation sites is 1. The van der Waals surface area contributed by atoms with Crippen LogP contribution in [0.25, 0.3) is 77.2 Å². The van der Waals surface area contributed by atoms with E-state index >= 15 is 0 Å². The second-order valence-corrected chi connectivity index (χ2v) is 12.9. The van der Waals surface area contributed by atoms with Gasteiger partial charge in [-0.2, -0.15) is 0 Å². The molecule has 0 spiro atoms. The summed E-state index contributed by atoms with van der Waals surface area (Å²) in [5.41, 5.74) is 14.3. The first-order valence-corrected chi connectivity index (χ1v) is 15.6. The minimum atomic E-state index is -0.0432. The number of benzene rings is 7. The molecule has 1 aliphatic carbocycles. The lowest BCUT2D eigenvalue weighted by atomic mass is 9.81. The van der Waals surface area contributed by atoms with E-state index in [0.717, 1.165) is 50.1 Å². The number of furan rings is 1. The lowest BCUT2D eigenvalue weighted by molar-refractivity contribution is 0.487. The summed E-state index contributed by atoms with van der Waals surface area (Å²) >= 11 is 0. The molecule has 2 heterocycles. The molecular weight excluding hydrogens is 548 g/mol. The standard InChI is InChI=1S/C43H28O2/c1-43(2)36-12-5-3-8-29(36)30-17-14-27(24-37(30)43)28-18-21-41-42-32(28)10-7-11-33(42)35-23-26(16-20-40(35)45-41)25-15-19-39-34(22-25)31-9-4-6-13-38(31)44-39/h3-24H,1-2H3. The maximum Gasteiger partial charge on any atom is 0.135 e. The van der Waals surface area contributed by atoms with Gasteiger partial charge in [-0.3, -0.25) is 0 Å². The fourth-order valence-electron chi connectivity index (χ4n) is 7.84. The van der Waals surface area contributed by atoms with E-state index in [9.17, 15) is 0 Å². The van der Waals surface area contributed by atoms with Gasteiger partial charge in [0.05, 0.1) is 0 Å². The fraction of sp³-hybridized carbons (Fsp3) is 0.0698. The number of hydrogen-bond donors (Lipinski definition) is 0. The van der Waals surface area contributed by atoms with E-state index in [1.54, 1.807) is 0 Å². The first-order chi connectivity index (χ1) is 22.0. The molecule has 8 aromatic rings. The first-order valence-electron chi connectivity index (χ1n) is 15.6. The molecule has 2 aliphatic rings. The molecule has 0 fully saturated rings. The van der Waals surface area contributed by atoms with E-state index in [4.69, 9.17) is 9.15 Å². The second-order valence-electron chi connectivity index (χ2n) is 12.9. The molecule has 0 radical (unpaired) electrons. The highest BCUT2D eigenvalue weighted by Crippen LogP contribution is 2.52. The smallest absolute Gasteiger partial charge is 0.135 e. The van der Waals surface area contributed by atoms with Crippen LogP contribution < -0.4 is 4.74 Å². The molecule has 7 aromatic carbocycles. The van der Waals surface area contributed by atoms with Gasteiger partial charge in [-0.15, -0.1) is 0 Å². The van der Waals surface area contributed by atoms with Crippen molar-refractivity contribution in [3.8, 4) is 56.0 Å². The van der Waals surface area contributed by atoms with Crippen molar-refractivity contribution in [2.24, 2.45) is 0 Å². The minimum absolute atomic E-state index is 0.0432. The molecule has 0 bridgehead atoms. The zero-order valence-corrected chi connectivity index (χ0v) is 25.0. The Kier molecular flexibility index (Phi) is 4.82. The van der Waals surface area contributed by atoms with Gasteiger partial charge in [0.25, 0.3) is 0 Å². The van der Waals surface area contributed by atoms with E-state index in [1.807, 2.05) is 12.1 Å². The highest BCUT2D eigenvalue weighted by molar-refractivity contribution is 6.11. The number of rotatable bonds is 2. The van der Waals surface area contributed by atoms with Crippen LogP contribution in [0, 0.1) is 0 Å². The molecule has 0 unspecified atom stereocenters. The van der Waals surface area contributed by atoms with Crippen molar-refractivity contribution in [3.63, 3.8) is 0 Å². The van der Waals surface area contributed by atoms with Gasteiger partial charge in [-0.05, 0) is 97.9 Å². The molecule has 0 saturated carbocycles. The number of fused-ring (bicyclic) bond motifs is 8. The molecule has 1 aromatic heterocycles. The van der Waals surface area contributed by atoms with Gasteiger partial charge < -0.3 is 9.15 Å². The average molecular weight is 577 g/mol. The third-order valence-electron chi connectivity index (χ3n) is 10.1. The summed E-state index contributed by atoms with van der Waals surface area (Å²) in [7, 11) is 0. The van der Waals surface area contributed by atoms with Crippen molar-refractivity contribution < 1.29 is 9.15 Å². The highest BCUT2D eigenvalue weighted by atomic mass is 16.5. The zero-order valence-electron chi connectivity index (χ0n) is 25.0. The van der Waals surface area contributed by atoms with Gasteiger partial charge in [0.1, 0.15) is 22.7 Å². The van der Waals surface area contributed by atoms with Crippen LogP contribution in [0.4, 0.5) is 0 Å². The van der Waals surface area contributed by atoms with Crippen LogP contribution in [0.15, 0.2) is 138 Å². The van der Waals surface area contributed by atoms with E-state index in [0.29, 0.717) is 0 Å². The summed E-state index contributed by atoms with van der Waals surface area (Å²) < 4.78 is 12.7. The number of ether oxygens (including phenoxy) is 1. The van der Waals surface area contributed by atoms with Gasteiger partial charge in [0, 0.05) is 27.1 Å². The lowest BCUT2D eigenvalue weighted by Gasteiger charge is -2.24. The van der Waals surface area contributed by atoms with Crippen LogP contribution in [0.1, 0.15) is 25.0 Å².